The largest absolute Gasteiger partial charge is 0.448 e. The van der Waals surface area contributed by atoms with Crippen LogP contribution in [0.5, 0.6) is 0 Å². The number of ether oxygens (including phenoxy) is 1. The van der Waals surface area contributed by atoms with Crippen molar-refractivity contribution in [2.75, 3.05) is 19.7 Å². The second-order valence-electron chi connectivity index (χ2n) is 3.62. The van der Waals surface area contributed by atoms with Gasteiger partial charge in [0.25, 0.3) is 0 Å². The van der Waals surface area contributed by atoms with E-state index in [0.29, 0.717) is 13.1 Å². The molecule has 0 spiro atoms. The Morgan fingerprint density at radius 3 is 2.59 bits per heavy atom. The first-order valence-electron chi connectivity index (χ1n) is 6.01. The summed E-state index contributed by atoms with van der Waals surface area (Å²) >= 11 is 0. The molecule has 0 aromatic carbocycles. The van der Waals surface area contributed by atoms with Gasteiger partial charge in [-0.05, 0) is 12.5 Å². The molecule has 0 unspecified atom stereocenters. The minimum Gasteiger partial charge on any atom is -0.448 e. The Kier molecular flexibility index (Phi) is 10.00. The Hall–Kier alpha value is -1.52. The van der Waals surface area contributed by atoms with Crippen LogP contribution in [-0.2, 0) is 9.53 Å². The van der Waals surface area contributed by atoms with E-state index in [-0.39, 0.29) is 12.5 Å². The Morgan fingerprint density at radius 2 is 1.94 bits per heavy atom. The van der Waals surface area contributed by atoms with Crippen molar-refractivity contribution in [1.82, 2.24) is 10.6 Å². The molecule has 98 valence electrons. The zero-order valence-electron chi connectivity index (χ0n) is 10.5. The van der Waals surface area contributed by atoms with Gasteiger partial charge in [-0.15, -0.1) is 0 Å². The highest BCUT2D eigenvalue weighted by Gasteiger charge is 2.00. The third-order valence-electron chi connectivity index (χ3n) is 2.12. The van der Waals surface area contributed by atoms with Gasteiger partial charge in [0.1, 0.15) is 6.61 Å². The van der Waals surface area contributed by atoms with Crippen LogP contribution < -0.4 is 10.6 Å². The highest BCUT2D eigenvalue weighted by Crippen LogP contribution is 1.96. The molecule has 0 atom stereocenters. The van der Waals surface area contributed by atoms with Crippen LogP contribution in [0.1, 0.15) is 32.6 Å². The number of hydrogen-bond donors (Lipinski definition) is 2. The number of nitrogens with one attached hydrogen (secondary N) is 2. The third-order valence-corrected chi connectivity index (χ3v) is 2.12. The van der Waals surface area contributed by atoms with Gasteiger partial charge < -0.3 is 15.4 Å². The zero-order valence-corrected chi connectivity index (χ0v) is 10.5. The first-order chi connectivity index (χ1) is 8.20. The molecule has 0 aromatic heterocycles. The lowest BCUT2D eigenvalue weighted by Gasteiger charge is -2.07. The average Bonchev–Trinajstić information content (AvgIpc) is 2.34. The minimum atomic E-state index is -0.436. The normalized spacial score (nSPS) is 9.47. The first-order valence-corrected chi connectivity index (χ1v) is 6.01. The van der Waals surface area contributed by atoms with E-state index < -0.39 is 6.09 Å². The lowest BCUT2D eigenvalue weighted by Crippen LogP contribution is -2.30. The van der Waals surface area contributed by atoms with Crippen molar-refractivity contribution in [3.63, 3.8) is 0 Å². The standard InChI is InChI=1S/C12H22N2O3/c1-3-5-6-7-8-14-12(16)17-10-9-13-11(15)4-2/h4H,2-3,5-10H2,1H3,(H,13,15)(H,14,16). The maximum absolute atomic E-state index is 11.1. The lowest BCUT2D eigenvalue weighted by atomic mass is 10.2. The van der Waals surface area contributed by atoms with Crippen LogP contribution in [0, 0.1) is 0 Å². The van der Waals surface area contributed by atoms with Gasteiger partial charge in [0.05, 0.1) is 6.54 Å². The highest BCUT2D eigenvalue weighted by atomic mass is 16.5. The summed E-state index contributed by atoms with van der Waals surface area (Å²) in [7, 11) is 0. The maximum atomic E-state index is 11.1. The quantitative estimate of drug-likeness (QED) is 0.476. The molecule has 0 aliphatic heterocycles. The molecular formula is C12H22N2O3. The molecule has 0 saturated carbocycles. The topological polar surface area (TPSA) is 67.4 Å². The van der Waals surface area contributed by atoms with Crippen molar-refractivity contribution in [2.24, 2.45) is 0 Å². The van der Waals surface area contributed by atoms with Crippen LogP contribution in [0.15, 0.2) is 12.7 Å². The zero-order chi connectivity index (χ0) is 12.9. The average molecular weight is 242 g/mol. The highest BCUT2D eigenvalue weighted by molar-refractivity contribution is 5.86. The van der Waals surface area contributed by atoms with Crippen LogP contribution in [-0.4, -0.2) is 31.7 Å². The van der Waals surface area contributed by atoms with E-state index in [4.69, 9.17) is 4.74 Å². The van der Waals surface area contributed by atoms with Crippen molar-refractivity contribution in [2.45, 2.75) is 32.6 Å². The number of carbonyl (C=O) groups excluding carboxylic acids is 2. The first kappa shape index (κ1) is 15.5. The summed E-state index contributed by atoms with van der Waals surface area (Å²) in [5.41, 5.74) is 0. The Labute approximate surface area is 103 Å². The van der Waals surface area contributed by atoms with Crippen LogP contribution in [0.25, 0.3) is 0 Å². The van der Waals surface area contributed by atoms with Gasteiger partial charge in [-0.2, -0.15) is 0 Å². The van der Waals surface area contributed by atoms with E-state index in [1.807, 2.05) is 0 Å². The lowest BCUT2D eigenvalue weighted by molar-refractivity contribution is -0.116. The Morgan fingerprint density at radius 1 is 1.18 bits per heavy atom. The molecule has 0 radical (unpaired) electrons. The number of carbonyl (C=O) groups is 2. The summed E-state index contributed by atoms with van der Waals surface area (Å²) in [5.74, 6) is -0.270. The molecule has 5 nitrogen and oxygen atoms in total. The molecule has 2 amide bonds. The molecule has 0 fully saturated rings. The van der Waals surface area contributed by atoms with Gasteiger partial charge in [-0.3, -0.25) is 4.79 Å². The van der Waals surface area contributed by atoms with Gasteiger partial charge in [0.2, 0.25) is 5.91 Å². The number of amides is 2. The van der Waals surface area contributed by atoms with Gasteiger partial charge in [0.15, 0.2) is 0 Å². The third kappa shape index (κ3) is 10.8. The maximum Gasteiger partial charge on any atom is 0.407 e. The summed E-state index contributed by atoms with van der Waals surface area (Å²) in [5, 5.41) is 5.16. The fourth-order valence-electron chi connectivity index (χ4n) is 1.18. The molecule has 0 rings (SSSR count). The second-order valence-corrected chi connectivity index (χ2v) is 3.62. The summed E-state index contributed by atoms with van der Waals surface area (Å²) in [6, 6.07) is 0. The van der Waals surface area contributed by atoms with Crippen molar-refractivity contribution in [1.29, 1.82) is 0 Å². The predicted molar refractivity (Wildman–Crippen MR) is 66.7 cm³/mol. The molecule has 0 bridgehead atoms. The number of unbranched alkanes of at least 4 members (excludes halogenated alkanes) is 3. The van der Waals surface area contributed by atoms with Crippen LogP contribution in [0.2, 0.25) is 0 Å². The molecule has 0 aliphatic carbocycles. The Balaban J connectivity index is 3.29. The summed E-state index contributed by atoms with van der Waals surface area (Å²) < 4.78 is 4.84. The molecule has 0 saturated heterocycles. The number of alkyl carbamates (subject to hydrolysis) is 1. The number of rotatable bonds is 9. The van der Waals surface area contributed by atoms with Crippen LogP contribution in [0.4, 0.5) is 4.79 Å². The second kappa shape index (κ2) is 11.0. The van der Waals surface area contributed by atoms with Crippen LogP contribution >= 0.6 is 0 Å². The van der Waals surface area contributed by atoms with E-state index in [9.17, 15) is 9.59 Å². The van der Waals surface area contributed by atoms with Gasteiger partial charge in [-0.1, -0.05) is 32.8 Å². The number of hydrogen-bond acceptors (Lipinski definition) is 3. The monoisotopic (exact) mass is 242 g/mol. The van der Waals surface area contributed by atoms with E-state index >= 15 is 0 Å². The molecule has 0 aliphatic rings. The van der Waals surface area contributed by atoms with Gasteiger partial charge >= 0.3 is 6.09 Å². The van der Waals surface area contributed by atoms with Crippen molar-refractivity contribution in [3.05, 3.63) is 12.7 Å². The van der Waals surface area contributed by atoms with Crippen molar-refractivity contribution in [3.8, 4) is 0 Å². The summed E-state index contributed by atoms with van der Waals surface area (Å²) in [6.45, 7) is 6.55. The fraction of sp³-hybridized carbons (Fsp3) is 0.667. The van der Waals surface area contributed by atoms with Crippen LogP contribution in [0.3, 0.4) is 0 Å². The molecule has 17 heavy (non-hydrogen) atoms. The summed E-state index contributed by atoms with van der Waals surface area (Å²) in [4.78, 5) is 21.9. The van der Waals surface area contributed by atoms with E-state index in [2.05, 4.69) is 24.1 Å². The SMILES string of the molecule is C=CC(=O)NCCOC(=O)NCCCCCC. The molecule has 0 heterocycles. The van der Waals surface area contributed by atoms with Gasteiger partial charge in [-0.25, -0.2) is 4.79 Å². The Bertz CT molecular complexity index is 242. The molecular weight excluding hydrogens is 220 g/mol. The van der Waals surface area contributed by atoms with Crippen molar-refractivity contribution >= 4 is 12.0 Å². The molecule has 2 N–H and O–H groups in total. The predicted octanol–water partition coefficient (Wildman–Crippen LogP) is 1.60. The molecule has 5 heteroatoms. The minimum absolute atomic E-state index is 0.167. The fourth-order valence-corrected chi connectivity index (χ4v) is 1.18. The smallest absolute Gasteiger partial charge is 0.407 e. The van der Waals surface area contributed by atoms with Gasteiger partial charge in [0, 0.05) is 6.54 Å². The van der Waals surface area contributed by atoms with Crippen molar-refractivity contribution < 1.29 is 14.3 Å². The summed E-state index contributed by atoms with van der Waals surface area (Å²) in [6.07, 6.45) is 5.18. The van der Waals surface area contributed by atoms with E-state index in [0.717, 1.165) is 12.8 Å². The molecule has 0 aromatic rings. The van der Waals surface area contributed by atoms with E-state index in [1.54, 1.807) is 0 Å². The van der Waals surface area contributed by atoms with E-state index in [1.165, 1.54) is 18.9 Å².